The van der Waals surface area contributed by atoms with E-state index in [4.69, 9.17) is 5.73 Å². The Morgan fingerprint density at radius 1 is 1.53 bits per heavy atom. The van der Waals surface area contributed by atoms with Gasteiger partial charge in [-0.05, 0) is 6.07 Å². The molecule has 4 N–H and O–H groups in total. The van der Waals surface area contributed by atoms with Gasteiger partial charge in [0.05, 0.1) is 0 Å². The van der Waals surface area contributed by atoms with Crippen LogP contribution >= 0.6 is 11.3 Å². The minimum Gasteiger partial charge on any atom is -0.398 e. The molecule has 2 heterocycles. The highest BCUT2D eigenvalue weighted by molar-refractivity contribution is 7.94. The number of imidazole rings is 1. The molecule has 2 rings (SSSR count). The van der Waals surface area contributed by atoms with E-state index in [0.717, 1.165) is 11.3 Å². The molecule has 2 aromatic rings. The fraction of sp³-hybridized carbons (Fsp3) is 0. The number of H-pyrrole nitrogens is 1. The molecular formula is C7H8N4O2S2. The molecule has 0 spiro atoms. The Morgan fingerprint density at radius 3 is 2.87 bits per heavy atom. The Balaban J connectivity index is 2.28. The Kier molecular flexibility index (Phi) is 2.37. The molecule has 0 atom stereocenters. The predicted octanol–water partition coefficient (Wildman–Crippen LogP) is 0.854. The predicted molar refractivity (Wildman–Crippen MR) is 58.1 cm³/mol. The molecular weight excluding hydrogens is 236 g/mol. The lowest BCUT2D eigenvalue weighted by atomic mass is 10.6. The van der Waals surface area contributed by atoms with Gasteiger partial charge >= 0.3 is 0 Å². The number of nitrogens with two attached hydrogens (primary N) is 1. The quantitative estimate of drug-likeness (QED) is 0.745. The maximum Gasteiger partial charge on any atom is 0.273 e. The van der Waals surface area contributed by atoms with E-state index in [-0.39, 0.29) is 10.2 Å². The molecule has 0 aromatic carbocycles. The number of aromatic nitrogens is 2. The van der Waals surface area contributed by atoms with Gasteiger partial charge in [-0.15, -0.1) is 11.3 Å². The van der Waals surface area contributed by atoms with Crippen LogP contribution in [0.5, 0.6) is 0 Å². The number of nitrogens with zero attached hydrogens (tertiary/aromatic N) is 1. The summed E-state index contributed by atoms with van der Waals surface area (Å²) in [5.74, 6) is 0.182. The minimum atomic E-state index is -3.57. The molecule has 15 heavy (non-hydrogen) atoms. The first-order valence-corrected chi connectivity index (χ1v) is 6.30. The number of hydrogen-bond donors (Lipinski definition) is 3. The van der Waals surface area contributed by atoms with E-state index in [1.807, 2.05) is 0 Å². The maximum absolute atomic E-state index is 11.7. The van der Waals surface area contributed by atoms with Gasteiger partial charge < -0.3 is 10.7 Å². The SMILES string of the molecule is Nc1csc(S(=O)(=O)Nc2ncc[nH]2)c1. The molecule has 0 saturated carbocycles. The Hall–Kier alpha value is -1.54. The molecule has 0 saturated heterocycles. The number of sulfonamides is 1. The van der Waals surface area contributed by atoms with Crippen LogP contribution in [0.4, 0.5) is 11.6 Å². The topological polar surface area (TPSA) is 101 Å². The van der Waals surface area contributed by atoms with Crippen molar-refractivity contribution in [1.82, 2.24) is 9.97 Å². The van der Waals surface area contributed by atoms with Gasteiger partial charge in [0, 0.05) is 23.5 Å². The van der Waals surface area contributed by atoms with E-state index in [1.54, 1.807) is 5.38 Å². The number of rotatable bonds is 3. The molecule has 0 unspecified atom stereocenters. The van der Waals surface area contributed by atoms with E-state index in [2.05, 4.69) is 14.7 Å². The summed E-state index contributed by atoms with van der Waals surface area (Å²) < 4.78 is 25.8. The van der Waals surface area contributed by atoms with Crippen LogP contribution in [-0.2, 0) is 10.0 Å². The molecule has 80 valence electrons. The minimum absolute atomic E-state index is 0.163. The molecule has 0 aliphatic heterocycles. The molecule has 6 nitrogen and oxygen atoms in total. The third-order valence-electron chi connectivity index (χ3n) is 1.59. The summed E-state index contributed by atoms with van der Waals surface area (Å²) in [6.07, 6.45) is 2.99. The number of anilines is 2. The molecule has 2 aromatic heterocycles. The average Bonchev–Trinajstić information content (AvgIpc) is 2.75. The van der Waals surface area contributed by atoms with Crippen LogP contribution in [-0.4, -0.2) is 18.4 Å². The van der Waals surface area contributed by atoms with Crippen molar-refractivity contribution in [2.75, 3.05) is 10.5 Å². The lowest BCUT2D eigenvalue weighted by Gasteiger charge is -2.01. The van der Waals surface area contributed by atoms with Gasteiger partial charge in [0.1, 0.15) is 4.21 Å². The lowest BCUT2D eigenvalue weighted by Crippen LogP contribution is -2.12. The van der Waals surface area contributed by atoms with Gasteiger partial charge in [0.15, 0.2) is 0 Å². The number of hydrogen-bond acceptors (Lipinski definition) is 5. The van der Waals surface area contributed by atoms with Crippen LogP contribution in [0.2, 0.25) is 0 Å². The summed E-state index contributed by atoms with van der Waals surface area (Å²) in [5.41, 5.74) is 5.87. The van der Waals surface area contributed by atoms with Gasteiger partial charge in [-0.25, -0.2) is 18.1 Å². The highest BCUT2D eigenvalue weighted by Crippen LogP contribution is 2.22. The van der Waals surface area contributed by atoms with Crippen molar-refractivity contribution < 1.29 is 8.42 Å². The number of nitrogen functional groups attached to an aromatic ring is 1. The Labute approximate surface area is 90.2 Å². The third-order valence-corrected chi connectivity index (χ3v) is 4.39. The highest BCUT2D eigenvalue weighted by atomic mass is 32.2. The van der Waals surface area contributed by atoms with Gasteiger partial charge in [0.25, 0.3) is 10.0 Å². The van der Waals surface area contributed by atoms with E-state index in [9.17, 15) is 8.42 Å². The van der Waals surface area contributed by atoms with Crippen LogP contribution in [0.25, 0.3) is 0 Å². The van der Waals surface area contributed by atoms with E-state index in [1.165, 1.54) is 18.5 Å². The van der Waals surface area contributed by atoms with Gasteiger partial charge in [-0.1, -0.05) is 0 Å². The summed E-state index contributed by atoms with van der Waals surface area (Å²) in [5, 5.41) is 1.57. The van der Waals surface area contributed by atoms with Crippen molar-refractivity contribution in [2.45, 2.75) is 4.21 Å². The standard InChI is InChI=1S/C7H8N4O2S2/c8-5-3-6(14-4-5)15(12,13)11-7-9-1-2-10-7/h1-4H,8H2,(H2,9,10,11). The van der Waals surface area contributed by atoms with Crippen molar-refractivity contribution in [2.24, 2.45) is 0 Å². The second-order valence-corrected chi connectivity index (χ2v) is 5.56. The summed E-state index contributed by atoms with van der Waals surface area (Å²) in [7, 11) is -3.57. The third kappa shape index (κ3) is 2.10. The molecule has 8 heteroatoms. The van der Waals surface area contributed by atoms with Crippen molar-refractivity contribution in [3.8, 4) is 0 Å². The normalized spacial score (nSPS) is 11.5. The van der Waals surface area contributed by atoms with Gasteiger partial charge in [-0.3, -0.25) is 0 Å². The molecule has 0 fully saturated rings. The van der Waals surface area contributed by atoms with Gasteiger partial charge in [-0.2, -0.15) is 0 Å². The number of aromatic amines is 1. The van der Waals surface area contributed by atoms with Crippen molar-refractivity contribution in [1.29, 1.82) is 0 Å². The second kappa shape index (κ2) is 3.55. The van der Waals surface area contributed by atoms with Crippen LogP contribution in [0.15, 0.2) is 28.0 Å². The fourth-order valence-corrected chi connectivity index (χ4v) is 3.03. The molecule has 0 aliphatic rings. The monoisotopic (exact) mass is 244 g/mol. The molecule has 0 bridgehead atoms. The summed E-state index contributed by atoms with van der Waals surface area (Å²) in [6, 6.07) is 1.40. The molecule has 0 aliphatic carbocycles. The zero-order valence-corrected chi connectivity index (χ0v) is 9.10. The number of nitrogens with one attached hydrogen (secondary N) is 2. The first-order valence-electron chi connectivity index (χ1n) is 3.94. The smallest absolute Gasteiger partial charge is 0.273 e. The van der Waals surface area contributed by atoms with Crippen molar-refractivity contribution in [3.63, 3.8) is 0 Å². The zero-order chi connectivity index (χ0) is 10.9. The Bertz CT molecular complexity index is 543. The first-order chi connectivity index (χ1) is 7.08. The second-order valence-electron chi connectivity index (χ2n) is 2.74. The van der Waals surface area contributed by atoms with Crippen molar-refractivity contribution >= 4 is 33.0 Å². The van der Waals surface area contributed by atoms with E-state index < -0.39 is 10.0 Å². The summed E-state index contributed by atoms with van der Waals surface area (Å²) in [6.45, 7) is 0. The molecule has 0 radical (unpaired) electrons. The lowest BCUT2D eigenvalue weighted by molar-refractivity contribution is 0.603. The van der Waals surface area contributed by atoms with Gasteiger partial charge in [0.2, 0.25) is 5.95 Å². The van der Waals surface area contributed by atoms with Crippen LogP contribution < -0.4 is 10.5 Å². The van der Waals surface area contributed by atoms with E-state index in [0.29, 0.717) is 5.69 Å². The van der Waals surface area contributed by atoms with E-state index >= 15 is 0 Å². The van der Waals surface area contributed by atoms with Crippen LogP contribution in [0, 0.1) is 0 Å². The van der Waals surface area contributed by atoms with Crippen LogP contribution in [0.3, 0.4) is 0 Å². The molecule has 0 amide bonds. The highest BCUT2D eigenvalue weighted by Gasteiger charge is 2.17. The largest absolute Gasteiger partial charge is 0.398 e. The fourth-order valence-electron chi connectivity index (χ4n) is 0.970. The summed E-state index contributed by atoms with van der Waals surface area (Å²) in [4.78, 5) is 6.40. The summed E-state index contributed by atoms with van der Waals surface area (Å²) >= 11 is 1.06. The zero-order valence-electron chi connectivity index (χ0n) is 7.47. The average molecular weight is 244 g/mol. The van der Waals surface area contributed by atoms with Crippen molar-refractivity contribution in [3.05, 3.63) is 23.8 Å². The van der Waals surface area contributed by atoms with Crippen LogP contribution in [0.1, 0.15) is 0 Å². The Morgan fingerprint density at radius 2 is 2.33 bits per heavy atom. The first kappa shape index (κ1) is 9.99. The maximum atomic E-state index is 11.7. The number of thiophene rings is 1.